The monoisotopic (exact) mass is 247 g/mol. The number of likely N-dealkylation sites (tertiary alicyclic amines) is 1. The van der Waals surface area contributed by atoms with E-state index in [4.69, 9.17) is 0 Å². The minimum absolute atomic E-state index is 0.309. The van der Waals surface area contributed by atoms with Gasteiger partial charge in [-0.05, 0) is 31.7 Å². The first-order valence-electron chi connectivity index (χ1n) is 7.12. The van der Waals surface area contributed by atoms with Gasteiger partial charge in [0.15, 0.2) is 0 Å². The molecule has 2 fully saturated rings. The van der Waals surface area contributed by atoms with Gasteiger partial charge in [0.1, 0.15) is 0 Å². The van der Waals surface area contributed by atoms with Gasteiger partial charge in [-0.25, -0.2) is 0 Å². The van der Waals surface area contributed by atoms with Gasteiger partial charge in [0.05, 0.1) is 12.6 Å². The second-order valence-electron chi connectivity index (χ2n) is 5.54. The van der Waals surface area contributed by atoms with Crippen molar-refractivity contribution in [2.24, 2.45) is 5.92 Å². The first-order chi connectivity index (χ1) is 8.84. The van der Waals surface area contributed by atoms with Crippen LogP contribution in [0.2, 0.25) is 0 Å². The third-order valence-electron chi connectivity index (χ3n) is 4.32. The zero-order valence-corrected chi connectivity index (χ0v) is 10.8. The lowest BCUT2D eigenvalue weighted by Crippen LogP contribution is -2.41. The summed E-state index contributed by atoms with van der Waals surface area (Å²) in [6.45, 7) is 1.80. The number of hydrogen-bond donors (Lipinski definition) is 0. The third kappa shape index (κ3) is 2.28. The summed E-state index contributed by atoms with van der Waals surface area (Å²) < 4.78 is 1.95. The smallest absolute Gasteiger partial charge is 0.225 e. The van der Waals surface area contributed by atoms with Crippen LogP contribution >= 0.6 is 0 Å². The molecule has 3 rings (SSSR count). The molecule has 98 valence electrons. The molecule has 1 aromatic heterocycles. The summed E-state index contributed by atoms with van der Waals surface area (Å²) in [4.78, 5) is 14.6. The minimum atomic E-state index is 0.309. The van der Waals surface area contributed by atoms with E-state index < -0.39 is 0 Å². The van der Waals surface area contributed by atoms with Crippen LogP contribution in [0, 0.1) is 5.92 Å². The van der Waals surface area contributed by atoms with Gasteiger partial charge in [-0.15, -0.1) is 0 Å². The van der Waals surface area contributed by atoms with Gasteiger partial charge < -0.3 is 4.90 Å². The zero-order chi connectivity index (χ0) is 12.4. The number of amides is 1. The van der Waals surface area contributed by atoms with Crippen molar-refractivity contribution in [3.05, 3.63) is 18.5 Å². The molecule has 0 aromatic carbocycles. The van der Waals surface area contributed by atoms with E-state index in [2.05, 4.69) is 10.00 Å². The summed E-state index contributed by atoms with van der Waals surface area (Å²) in [6.07, 6.45) is 10.7. The van der Waals surface area contributed by atoms with E-state index >= 15 is 0 Å². The van der Waals surface area contributed by atoms with E-state index in [1.54, 1.807) is 6.20 Å². The second kappa shape index (κ2) is 5.12. The maximum atomic E-state index is 12.5. The molecule has 0 N–H and O–H groups in total. The molecule has 2 aliphatic rings. The molecule has 4 heteroatoms. The Labute approximate surface area is 108 Å². The molecule has 0 bridgehead atoms. The molecule has 1 aliphatic heterocycles. The maximum Gasteiger partial charge on any atom is 0.225 e. The summed E-state index contributed by atoms with van der Waals surface area (Å²) in [5.41, 5.74) is 0. The predicted octanol–water partition coefficient (Wildman–Crippen LogP) is 2.06. The first-order valence-corrected chi connectivity index (χ1v) is 7.12. The van der Waals surface area contributed by atoms with Gasteiger partial charge >= 0.3 is 0 Å². The average molecular weight is 247 g/mol. The van der Waals surface area contributed by atoms with E-state index in [0.29, 0.717) is 17.9 Å². The summed E-state index contributed by atoms with van der Waals surface area (Å²) in [5, 5.41) is 4.25. The minimum Gasteiger partial charge on any atom is -0.338 e. The molecule has 0 unspecified atom stereocenters. The van der Waals surface area contributed by atoms with Gasteiger partial charge in [-0.3, -0.25) is 9.48 Å². The Hall–Kier alpha value is -1.32. The fourth-order valence-electron chi connectivity index (χ4n) is 3.35. The fourth-order valence-corrected chi connectivity index (χ4v) is 3.35. The average Bonchev–Trinajstić information content (AvgIpc) is 3.12. The lowest BCUT2D eigenvalue weighted by Gasteiger charge is -2.27. The van der Waals surface area contributed by atoms with Crippen LogP contribution in [-0.4, -0.2) is 33.2 Å². The number of rotatable bonds is 3. The summed E-state index contributed by atoms with van der Waals surface area (Å²) in [5.74, 6) is 0.713. The molecule has 18 heavy (non-hydrogen) atoms. The van der Waals surface area contributed by atoms with Gasteiger partial charge in [0.25, 0.3) is 0 Å². The SMILES string of the molecule is O=C(C1CCCC1)N1CCC[C@@H]1Cn1cccn1. The lowest BCUT2D eigenvalue weighted by atomic mass is 10.1. The highest BCUT2D eigenvalue weighted by molar-refractivity contribution is 5.79. The molecule has 1 aromatic rings. The standard InChI is InChI=1S/C14H21N3O/c18-14(12-5-1-2-6-12)17-10-3-7-13(17)11-16-9-4-8-15-16/h4,8-9,12-13H,1-3,5-7,10-11H2/t13-/m1/s1. The van der Waals surface area contributed by atoms with Gasteiger partial charge in [-0.2, -0.15) is 5.10 Å². The Bertz CT molecular complexity index is 395. The summed E-state index contributed by atoms with van der Waals surface area (Å²) in [7, 11) is 0. The Kier molecular flexibility index (Phi) is 3.35. The fraction of sp³-hybridized carbons (Fsp3) is 0.714. The van der Waals surface area contributed by atoms with Gasteiger partial charge in [0, 0.05) is 24.9 Å². The maximum absolute atomic E-state index is 12.5. The molecule has 1 amide bonds. The van der Waals surface area contributed by atoms with E-state index in [1.165, 1.54) is 12.8 Å². The van der Waals surface area contributed by atoms with Crippen molar-refractivity contribution in [2.45, 2.75) is 51.1 Å². The molecule has 1 aliphatic carbocycles. The van der Waals surface area contributed by atoms with Crippen molar-refractivity contribution in [1.82, 2.24) is 14.7 Å². The number of nitrogens with zero attached hydrogens (tertiary/aromatic N) is 3. The van der Waals surface area contributed by atoms with Crippen molar-refractivity contribution in [3.63, 3.8) is 0 Å². The number of carbonyl (C=O) groups excluding carboxylic acids is 1. The van der Waals surface area contributed by atoms with E-state index in [1.807, 2.05) is 16.9 Å². The van der Waals surface area contributed by atoms with E-state index in [-0.39, 0.29) is 0 Å². The van der Waals surface area contributed by atoms with Crippen LogP contribution in [0.1, 0.15) is 38.5 Å². The van der Waals surface area contributed by atoms with Crippen LogP contribution in [0.4, 0.5) is 0 Å². The molecule has 0 radical (unpaired) electrons. The number of carbonyl (C=O) groups is 1. The second-order valence-corrected chi connectivity index (χ2v) is 5.54. The number of aromatic nitrogens is 2. The van der Waals surface area contributed by atoms with Crippen LogP contribution in [-0.2, 0) is 11.3 Å². The van der Waals surface area contributed by atoms with E-state index in [0.717, 1.165) is 38.8 Å². The van der Waals surface area contributed by atoms with Crippen LogP contribution in [0.25, 0.3) is 0 Å². The molecular weight excluding hydrogens is 226 g/mol. The quantitative estimate of drug-likeness (QED) is 0.820. The molecule has 1 saturated carbocycles. The first kappa shape index (κ1) is 11.8. The summed E-state index contributed by atoms with van der Waals surface area (Å²) in [6, 6.07) is 2.30. The van der Waals surface area contributed by atoms with Crippen LogP contribution in [0.15, 0.2) is 18.5 Å². The third-order valence-corrected chi connectivity index (χ3v) is 4.32. The molecule has 0 spiro atoms. The Morgan fingerprint density at radius 1 is 1.22 bits per heavy atom. The van der Waals surface area contributed by atoms with Crippen molar-refractivity contribution in [2.75, 3.05) is 6.54 Å². The van der Waals surface area contributed by atoms with Crippen LogP contribution in [0.3, 0.4) is 0 Å². The highest BCUT2D eigenvalue weighted by Crippen LogP contribution is 2.30. The lowest BCUT2D eigenvalue weighted by molar-refractivity contribution is -0.136. The highest BCUT2D eigenvalue weighted by Gasteiger charge is 2.34. The van der Waals surface area contributed by atoms with Crippen molar-refractivity contribution < 1.29 is 4.79 Å². The van der Waals surface area contributed by atoms with Crippen molar-refractivity contribution in [3.8, 4) is 0 Å². The predicted molar refractivity (Wildman–Crippen MR) is 68.9 cm³/mol. The normalized spacial score (nSPS) is 24.9. The van der Waals surface area contributed by atoms with Crippen LogP contribution < -0.4 is 0 Å². The van der Waals surface area contributed by atoms with E-state index in [9.17, 15) is 4.79 Å². The Balaban J connectivity index is 1.65. The van der Waals surface area contributed by atoms with Crippen LogP contribution in [0.5, 0.6) is 0 Å². The molecule has 1 saturated heterocycles. The molecule has 4 nitrogen and oxygen atoms in total. The molecule has 1 atom stereocenters. The highest BCUT2D eigenvalue weighted by atomic mass is 16.2. The molecule has 2 heterocycles. The largest absolute Gasteiger partial charge is 0.338 e. The topological polar surface area (TPSA) is 38.1 Å². The van der Waals surface area contributed by atoms with Crippen molar-refractivity contribution >= 4 is 5.91 Å². The van der Waals surface area contributed by atoms with Crippen molar-refractivity contribution in [1.29, 1.82) is 0 Å². The van der Waals surface area contributed by atoms with Gasteiger partial charge in [0.2, 0.25) is 5.91 Å². The summed E-state index contributed by atoms with van der Waals surface area (Å²) >= 11 is 0. The molecular formula is C14H21N3O. The zero-order valence-electron chi connectivity index (χ0n) is 10.8. The number of hydrogen-bond acceptors (Lipinski definition) is 2. The Morgan fingerprint density at radius 3 is 2.78 bits per heavy atom. The Morgan fingerprint density at radius 2 is 2.06 bits per heavy atom. The van der Waals surface area contributed by atoms with Gasteiger partial charge in [-0.1, -0.05) is 12.8 Å².